The molecule has 2 fully saturated rings. The zero-order chi connectivity index (χ0) is 14.1. The van der Waals surface area contributed by atoms with E-state index in [1.165, 1.54) is 24.0 Å². The maximum Gasteiger partial charge on any atom is 0.254 e. The highest BCUT2D eigenvalue weighted by Crippen LogP contribution is 2.29. The summed E-state index contributed by atoms with van der Waals surface area (Å²) < 4.78 is 5.85. The first-order valence-electron chi connectivity index (χ1n) is 7.66. The third-order valence-electron chi connectivity index (χ3n) is 4.75. The molecule has 0 radical (unpaired) electrons. The lowest BCUT2D eigenvalue weighted by Crippen LogP contribution is -2.54. The number of morpholine rings is 1. The first-order valence-corrected chi connectivity index (χ1v) is 7.66. The molecule has 1 saturated carbocycles. The number of hydrogen-bond acceptors (Lipinski definition) is 2. The third kappa shape index (κ3) is 2.47. The molecule has 1 amide bonds. The fourth-order valence-electron chi connectivity index (χ4n) is 3.39. The molecule has 1 aromatic rings. The van der Waals surface area contributed by atoms with Crippen molar-refractivity contribution in [3.05, 3.63) is 34.9 Å². The minimum atomic E-state index is 0.174. The Hall–Kier alpha value is -1.35. The molecular formula is C17H23NO2. The average molecular weight is 273 g/mol. The van der Waals surface area contributed by atoms with Crippen LogP contribution in [0.5, 0.6) is 0 Å². The molecule has 108 valence electrons. The molecule has 3 nitrogen and oxygen atoms in total. The Kier molecular flexibility index (Phi) is 3.79. The van der Waals surface area contributed by atoms with E-state index in [0.29, 0.717) is 6.61 Å². The van der Waals surface area contributed by atoms with Crippen molar-refractivity contribution in [2.45, 2.75) is 51.7 Å². The van der Waals surface area contributed by atoms with Crippen molar-refractivity contribution in [3.63, 3.8) is 0 Å². The van der Waals surface area contributed by atoms with Crippen molar-refractivity contribution < 1.29 is 9.53 Å². The van der Waals surface area contributed by atoms with Gasteiger partial charge in [0, 0.05) is 12.1 Å². The zero-order valence-electron chi connectivity index (χ0n) is 12.4. The highest BCUT2D eigenvalue weighted by Gasteiger charge is 2.36. The van der Waals surface area contributed by atoms with Gasteiger partial charge in [0.05, 0.1) is 18.8 Å². The first kappa shape index (κ1) is 13.6. The number of nitrogens with zero attached hydrogens (tertiary/aromatic N) is 1. The molecule has 20 heavy (non-hydrogen) atoms. The molecule has 1 aliphatic heterocycles. The van der Waals surface area contributed by atoms with Crippen LogP contribution < -0.4 is 0 Å². The molecule has 3 rings (SSSR count). The molecule has 1 aromatic carbocycles. The number of rotatable bonds is 1. The summed E-state index contributed by atoms with van der Waals surface area (Å²) in [5, 5.41) is 0. The third-order valence-corrected chi connectivity index (χ3v) is 4.75. The molecule has 2 atom stereocenters. The van der Waals surface area contributed by atoms with Crippen molar-refractivity contribution in [1.29, 1.82) is 0 Å². The van der Waals surface area contributed by atoms with Crippen LogP contribution >= 0.6 is 0 Å². The summed E-state index contributed by atoms with van der Waals surface area (Å²) in [7, 11) is 0. The minimum Gasteiger partial charge on any atom is -0.374 e. The number of fused-ring (bicyclic) bond motifs is 1. The van der Waals surface area contributed by atoms with Crippen LogP contribution in [-0.2, 0) is 4.74 Å². The van der Waals surface area contributed by atoms with E-state index >= 15 is 0 Å². The fourth-order valence-corrected chi connectivity index (χ4v) is 3.39. The maximum absolute atomic E-state index is 12.8. The van der Waals surface area contributed by atoms with Gasteiger partial charge in [-0.1, -0.05) is 18.9 Å². The van der Waals surface area contributed by atoms with Gasteiger partial charge in [-0.15, -0.1) is 0 Å². The summed E-state index contributed by atoms with van der Waals surface area (Å²) in [6.07, 6.45) is 4.88. The van der Waals surface area contributed by atoms with Crippen LogP contribution in [0, 0.1) is 13.8 Å². The number of carbonyl (C=O) groups excluding carboxylic acids is 1. The summed E-state index contributed by atoms with van der Waals surface area (Å²) in [4.78, 5) is 14.8. The van der Waals surface area contributed by atoms with Crippen molar-refractivity contribution >= 4 is 5.91 Å². The van der Waals surface area contributed by atoms with Crippen LogP contribution in [-0.4, -0.2) is 36.1 Å². The van der Waals surface area contributed by atoms with E-state index in [9.17, 15) is 4.79 Å². The van der Waals surface area contributed by atoms with Crippen LogP contribution in [0.4, 0.5) is 0 Å². The normalized spacial score (nSPS) is 26.2. The Balaban J connectivity index is 1.83. The van der Waals surface area contributed by atoms with Crippen LogP contribution in [0.1, 0.15) is 47.2 Å². The Bertz CT molecular complexity index is 510. The largest absolute Gasteiger partial charge is 0.374 e. The second kappa shape index (κ2) is 5.57. The van der Waals surface area contributed by atoms with Gasteiger partial charge in [0.1, 0.15) is 0 Å². The summed E-state index contributed by atoms with van der Waals surface area (Å²) in [5.41, 5.74) is 3.24. The Morgan fingerprint density at radius 1 is 1.20 bits per heavy atom. The van der Waals surface area contributed by atoms with Gasteiger partial charge >= 0.3 is 0 Å². The molecule has 0 spiro atoms. The van der Waals surface area contributed by atoms with E-state index in [1.807, 2.05) is 18.2 Å². The predicted molar refractivity (Wildman–Crippen MR) is 78.9 cm³/mol. The van der Waals surface area contributed by atoms with Gasteiger partial charge in [-0.3, -0.25) is 4.79 Å². The lowest BCUT2D eigenvalue weighted by molar-refractivity contribution is -0.0752. The van der Waals surface area contributed by atoms with E-state index in [1.54, 1.807) is 0 Å². The number of ether oxygens (including phenoxy) is 1. The van der Waals surface area contributed by atoms with E-state index in [4.69, 9.17) is 4.74 Å². The topological polar surface area (TPSA) is 29.5 Å². The van der Waals surface area contributed by atoms with Gasteiger partial charge < -0.3 is 9.64 Å². The predicted octanol–water partition coefficient (Wildman–Crippen LogP) is 3.09. The summed E-state index contributed by atoms with van der Waals surface area (Å²) in [6, 6.07) is 6.30. The number of aryl methyl sites for hydroxylation is 2. The summed E-state index contributed by atoms with van der Waals surface area (Å²) in [6.45, 7) is 5.55. The highest BCUT2D eigenvalue weighted by molar-refractivity contribution is 5.94. The SMILES string of the molecule is Cc1ccc(C(=O)N2CCO[C@@H]3CCCC[C@H]32)cc1C. The van der Waals surface area contributed by atoms with Crippen molar-refractivity contribution in [1.82, 2.24) is 4.90 Å². The maximum atomic E-state index is 12.8. The van der Waals surface area contributed by atoms with E-state index in [2.05, 4.69) is 18.7 Å². The van der Waals surface area contributed by atoms with Crippen LogP contribution in [0.3, 0.4) is 0 Å². The number of benzene rings is 1. The first-order chi connectivity index (χ1) is 9.66. The molecule has 3 heteroatoms. The van der Waals surface area contributed by atoms with Crippen molar-refractivity contribution in [2.75, 3.05) is 13.2 Å². The van der Waals surface area contributed by atoms with Gasteiger partial charge in [-0.25, -0.2) is 0 Å². The molecule has 0 bridgehead atoms. The van der Waals surface area contributed by atoms with E-state index in [0.717, 1.165) is 24.9 Å². The molecule has 1 aliphatic carbocycles. The second-order valence-corrected chi connectivity index (χ2v) is 6.06. The smallest absolute Gasteiger partial charge is 0.254 e. The van der Waals surface area contributed by atoms with Crippen molar-refractivity contribution in [2.24, 2.45) is 0 Å². The van der Waals surface area contributed by atoms with Gasteiger partial charge in [-0.2, -0.15) is 0 Å². The number of carbonyl (C=O) groups is 1. The minimum absolute atomic E-state index is 0.174. The molecule has 1 saturated heterocycles. The number of amides is 1. The monoisotopic (exact) mass is 273 g/mol. The van der Waals surface area contributed by atoms with Gasteiger partial charge in [0.15, 0.2) is 0 Å². The Morgan fingerprint density at radius 2 is 2.00 bits per heavy atom. The van der Waals surface area contributed by atoms with E-state index < -0.39 is 0 Å². The lowest BCUT2D eigenvalue weighted by atomic mass is 9.89. The fraction of sp³-hybridized carbons (Fsp3) is 0.588. The van der Waals surface area contributed by atoms with Gasteiger partial charge in [0.25, 0.3) is 5.91 Å². The van der Waals surface area contributed by atoms with Crippen LogP contribution in [0.15, 0.2) is 18.2 Å². The van der Waals surface area contributed by atoms with Crippen molar-refractivity contribution in [3.8, 4) is 0 Å². The molecule has 0 N–H and O–H groups in total. The lowest BCUT2D eigenvalue weighted by Gasteiger charge is -2.43. The van der Waals surface area contributed by atoms with E-state index in [-0.39, 0.29) is 18.1 Å². The standard InChI is InChI=1S/C17H23NO2/c1-12-7-8-14(11-13(12)2)17(19)18-9-10-20-16-6-4-3-5-15(16)18/h7-8,11,15-16H,3-6,9-10H2,1-2H3/t15-,16-/m1/s1. The highest BCUT2D eigenvalue weighted by atomic mass is 16.5. The molecule has 1 heterocycles. The average Bonchev–Trinajstić information content (AvgIpc) is 2.49. The summed E-state index contributed by atoms with van der Waals surface area (Å²) in [5.74, 6) is 0.174. The Morgan fingerprint density at radius 3 is 2.80 bits per heavy atom. The second-order valence-electron chi connectivity index (χ2n) is 6.06. The zero-order valence-corrected chi connectivity index (χ0v) is 12.4. The molecular weight excluding hydrogens is 250 g/mol. The van der Waals surface area contributed by atoms with Crippen LogP contribution in [0.2, 0.25) is 0 Å². The summed E-state index contributed by atoms with van der Waals surface area (Å²) >= 11 is 0. The molecule has 0 aromatic heterocycles. The molecule has 0 unspecified atom stereocenters. The number of hydrogen-bond donors (Lipinski definition) is 0. The quantitative estimate of drug-likeness (QED) is 0.787. The van der Waals surface area contributed by atoms with Gasteiger partial charge in [-0.05, 0) is 49.9 Å². The molecule has 2 aliphatic rings. The van der Waals surface area contributed by atoms with Crippen LogP contribution in [0.25, 0.3) is 0 Å². The van der Waals surface area contributed by atoms with Gasteiger partial charge in [0.2, 0.25) is 0 Å². The Labute approximate surface area is 120 Å².